The van der Waals surface area contributed by atoms with Crippen LogP contribution in [0.3, 0.4) is 0 Å². The number of ketones is 1. The summed E-state index contributed by atoms with van der Waals surface area (Å²) in [5.74, 6) is -0.798. The molecule has 0 aliphatic heterocycles. The van der Waals surface area contributed by atoms with E-state index in [0.29, 0.717) is 5.56 Å². The van der Waals surface area contributed by atoms with Gasteiger partial charge in [0.2, 0.25) is 0 Å². The second-order valence-corrected chi connectivity index (χ2v) is 5.36. The van der Waals surface area contributed by atoms with Gasteiger partial charge in [-0.25, -0.2) is 9.59 Å². The van der Waals surface area contributed by atoms with E-state index < -0.39 is 23.0 Å². The first kappa shape index (κ1) is 20.4. The van der Waals surface area contributed by atoms with Crippen molar-refractivity contribution in [3.8, 4) is 11.5 Å². The van der Waals surface area contributed by atoms with Crippen LogP contribution in [-0.2, 0) is 9.47 Å². The second-order valence-electron chi connectivity index (χ2n) is 5.36. The minimum absolute atomic E-state index is 0.00327. The Kier molecular flexibility index (Phi) is 6.27. The molecule has 10 nitrogen and oxygen atoms in total. The molecule has 2 rings (SSSR count). The van der Waals surface area contributed by atoms with Crippen molar-refractivity contribution in [2.45, 2.75) is 6.92 Å². The molecular formula is C18H15NO9. The fraction of sp³-hybridized carbons (Fsp3) is 0.167. The van der Waals surface area contributed by atoms with Crippen molar-refractivity contribution in [1.82, 2.24) is 0 Å². The maximum Gasteiger partial charge on any atom is 0.513 e. The van der Waals surface area contributed by atoms with E-state index in [-0.39, 0.29) is 28.3 Å². The zero-order valence-corrected chi connectivity index (χ0v) is 15.1. The Hall–Kier alpha value is -3.95. The van der Waals surface area contributed by atoms with Crippen LogP contribution in [0.25, 0.3) is 0 Å². The summed E-state index contributed by atoms with van der Waals surface area (Å²) >= 11 is 0. The van der Waals surface area contributed by atoms with Crippen LogP contribution < -0.4 is 9.47 Å². The molecule has 10 heteroatoms. The Bertz CT molecular complexity index is 935. The molecule has 146 valence electrons. The van der Waals surface area contributed by atoms with E-state index in [2.05, 4.69) is 9.47 Å². The molecule has 0 atom stereocenters. The lowest BCUT2D eigenvalue weighted by Crippen LogP contribution is -2.14. The van der Waals surface area contributed by atoms with E-state index in [4.69, 9.17) is 9.47 Å². The molecule has 2 aromatic rings. The summed E-state index contributed by atoms with van der Waals surface area (Å²) in [7, 11) is 2.20. The number of carbonyl (C=O) groups is 3. The lowest BCUT2D eigenvalue weighted by atomic mass is 9.97. The molecule has 0 unspecified atom stereocenters. The van der Waals surface area contributed by atoms with E-state index >= 15 is 0 Å². The lowest BCUT2D eigenvalue weighted by Gasteiger charge is -2.13. The number of carbonyl (C=O) groups excluding carboxylic acids is 3. The fourth-order valence-corrected chi connectivity index (χ4v) is 2.30. The van der Waals surface area contributed by atoms with Crippen molar-refractivity contribution in [3.05, 3.63) is 63.2 Å². The number of nitro benzene ring substituents is 1. The highest BCUT2D eigenvalue weighted by Crippen LogP contribution is 2.31. The maximum absolute atomic E-state index is 12.9. The molecule has 2 aromatic carbocycles. The zero-order chi connectivity index (χ0) is 20.8. The Morgan fingerprint density at radius 3 is 2.04 bits per heavy atom. The highest BCUT2D eigenvalue weighted by molar-refractivity contribution is 6.12. The van der Waals surface area contributed by atoms with Gasteiger partial charge in [-0.1, -0.05) is 0 Å². The highest BCUT2D eigenvalue weighted by Gasteiger charge is 2.23. The predicted molar refractivity (Wildman–Crippen MR) is 93.8 cm³/mol. The largest absolute Gasteiger partial charge is 0.513 e. The van der Waals surface area contributed by atoms with E-state index in [1.807, 2.05) is 0 Å². The maximum atomic E-state index is 12.9. The molecule has 0 saturated heterocycles. The number of nitrogens with zero attached hydrogens (tertiary/aromatic N) is 1. The van der Waals surface area contributed by atoms with Crippen LogP contribution in [0.2, 0.25) is 0 Å². The average Bonchev–Trinajstić information content (AvgIpc) is 2.67. The third kappa shape index (κ3) is 4.61. The summed E-state index contributed by atoms with van der Waals surface area (Å²) in [6.07, 6.45) is -2.09. The summed E-state index contributed by atoms with van der Waals surface area (Å²) in [5, 5.41) is 10.8. The van der Waals surface area contributed by atoms with Gasteiger partial charge in [0, 0.05) is 23.8 Å². The Morgan fingerprint density at radius 2 is 1.50 bits per heavy atom. The molecule has 0 fully saturated rings. The standard InChI is InChI=1S/C18H15NO9/c1-10-8-13(27-17(21)25-2)9-14(28-18(22)26-3)15(10)16(20)11-4-6-12(7-5-11)19(23)24/h4-9H,1-3H3. The van der Waals surface area contributed by atoms with E-state index in [0.717, 1.165) is 20.3 Å². The number of aryl methyl sites for hydroxylation is 1. The third-order valence-corrected chi connectivity index (χ3v) is 3.57. The van der Waals surface area contributed by atoms with Gasteiger partial charge in [0.05, 0.1) is 24.7 Å². The monoisotopic (exact) mass is 389 g/mol. The number of rotatable bonds is 5. The van der Waals surface area contributed by atoms with Gasteiger partial charge in [0.15, 0.2) is 5.78 Å². The number of hydrogen-bond donors (Lipinski definition) is 0. The van der Waals surface area contributed by atoms with Crippen molar-refractivity contribution >= 4 is 23.8 Å². The fourth-order valence-electron chi connectivity index (χ4n) is 2.30. The zero-order valence-electron chi connectivity index (χ0n) is 15.1. The number of methoxy groups -OCH3 is 2. The van der Waals surface area contributed by atoms with Crippen LogP contribution in [-0.4, -0.2) is 37.2 Å². The predicted octanol–water partition coefficient (Wildman–Crippen LogP) is 3.42. The van der Waals surface area contributed by atoms with Crippen molar-refractivity contribution in [2.24, 2.45) is 0 Å². The quantitative estimate of drug-likeness (QED) is 0.248. The first-order chi connectivity index (χ1) is 13.3. The molecule has 0 N–H and O–H groups in total. The highest BCUT2D eigenvalue weighted by atomic mass is 16.7. The van der Waals surface area contributed by atoms with E-state index in [1.165, 1.54) is 37.3 Å². The summed E-state index contributed by atoms with van der Waals surface area (Å²) in [6.45, 7) is 1.53. The lowest BCUT2D eigenvalue weighted by molar-refractivity contribution is -0.384. The van der Waals surface area contributed by atoms with Crippen molar-refractivity contribution in [2.75, 3.05) is 14.2 Å². The first-order valence-corrected chi connectivity index (χ1v) is 7.72. The van der Waals surface area contributed by atoms with E-state index in [1.54, 1.807) is 0 Å². The SMILES string of the molecule is COC(=O)Oc1cc(C)c(C(=O)c2ccc([N+](=O)[O-])cc2)c(OC(=O)OC)c1. The molecule has 0 aromatic heterocycles. The van der Waals surface area contributed by atoms with Crippen molar-refractivity contribution < 1.29 is 38.3 Å². The minimum atomic E-state index is -1.09. The van der Waals surface area contributed by atoms with Gasteiger partial charge < -0.3 is 18.9 Å². The molecule has 0 amide bonds. The number of benzene rings is 2. The average molecular weight is 389 g/mol. The van der Waals surface area contributed by atoms with Gasteiger partial charge in [-0.05, 0) is 30.7 Å². The smallest absolute Gasteiger partial charge is 0.437 e. The molecule has 0 saturated carbocycles. The summed E-state index contributed by atoms with van der Waals surface area (Å²) in [5.41, 5.74) is 0.270. The van der Waals surface area contributed by atoms with Crippen LogP contribution in [0.4, 0.5) is 15.3 Å². The minimum Gasteiger partial charge on any atom is -0.437 e. The molecular weight excluding hydrogens is 374 g/mol. The van der Waals surface area contributed by atoms with Crippen molar-refractivity contribution in [3.63, 3.8) is 0 Å². The van der Waals surface area contributed by atoms with Crippen molar-refractivity contribution in [1.29, 1.82) is 0 Å². The van der Waals surface area contributed by atoms with Gasteiger partial charge in [0.25, 0.3) is 5.69 Å². The molecule has 0 aliphatic carbocycles. The molecule has 0 spiro atoms. The van der Waals surface area contributed by atoms with E-state index in [9.17, 15) is 24.5 Å². The topological polar surface area (TPSA) is 131 Å². The summed E-state index contributed by atoms with van der Waals surface area (Å²) in [6, 6.07) is 7.44. The van der Waals surface area contributed by atoms with Crippen LogP contribution >= 0.6 is 0 Å². The summed E-state index contributed by atoms with van der Waals surface area (Å²) < 4.78 is 18.8. The molecule has 0 heterocycles. The Balaban J connectivity index is 2.50. The van der Waals surface area contributed by atoms with Crippen LogP contribution in [0.5, 0.6) is 11.5 Å². The molecule has 0 radical (unpaired) electrons. The second kappa shape index (κ2) is 8.62. The number of non-ortho nitro benzene ring substituents is 1. The normalized spacial score (nSPS) is 9.96. The third-order valence-electron chi connectivity index (χ3n) is 3.57. The van der Waals surface area contributed by atoms with Gasteiger partial charge in [0.1, 0.15) is 11.5 Å². The Labute approximate surface area is 158 Å². The Morgan fingerprint density at radius 1 is 0.929 bits per heavy atom. The number of hydrogen-bond acceptors (Lipinski definition) is 9. The van der Waals surface area contributed by atoms with Gasteiger partial charge >= 0.3 is 12.3 Å². The van der Waals surface area contributed by atoms with Crippen LogP contribution in [0, 0.1) is 17.0 Å². The van der Waals surface area contributed by atoms with Gasteiger partial charge in [-0.2, -0.15) is 0 Å². The molecule has 28 heavy (non-hydrogen) atoms. The number of nitro groups is 1. The van der Waals surface area contributed by atoms with Gasteiger partial charge in [-0.15, -0.1) is 0 Å². The van der Waals surface area contributed by atoms with Crippen LogP contribution in [0.15, 0.2) is 36.4 Å². The summed E-state index contributed by atoms with van der Waals surface area (Å²) in [4.78, 5) is 45.9. The number of ether oxygens (including phenoxy) is 4. The van der Waals surface area contributed by atoms with Crippen LogP contribution in [0.1, 0.15) is 21.5 Å². The first-order valence-electron chi connectivity index (χ1n) is 7.72. The van der Waals surface area contributed by atoms with Gasteiger partial charge in [-0.3, -0.25) is 14.9 Å². The molecule has 0 aliphatic rings. The molecule has 0 bridgehead atoms.